The third-order valence-electron chi connectivity index (χ3n) is 6.22. The Labute approximate surface area is 207 Å². The van der Waals surface area contributed by atoms with Crippen molar-refractivity contribution in [1.82, 2.24) is 20.2 Å². The van der Waals surface area contributed by atoms with Crippen LogP contribution in [0.2, 0.25) is 0 Å². The van der Waals surface area contributed by atoms with Crippen molar-refractivity contribution in [3.05, 3.63) is 71.9 Å². The molecule has 2 heterocycles. The molecule has 7 nitrogen and oxygen atoms in total. The van der Waals surface area contributed by atoms with E-state index in [1.807, 2.05) is 42.5 Å². The van der Waals surface area contributed by atoms with E-state index in [4.69, 9.17) is 9.97 Å². The first-order valence-electron chi connectivity index (χ1n) is 12.3. The maximum atomic E-state index is 12.9. The fourth-order valence-electron chi connectivity index (χ4n) is 4.21. The Hall–Kier alpha value is -3.76. The molecule has 0 saturated carbocycles. The molecule has 0 spiro atoms. The van der Waals surface area contributed by atoms with Crippen LogP contribution in [0.4, 0.5) is 5.82 Å². The monoisotopic (exact) mass is 468 g/mol. The van der Waals surface area contributed by atoms with Crippen LogP contribution in [-0.4, -0.2) is 60.0 Å². The van der Waals surface area contributed by atoms with Gasteiger partial charge < -0.3 is 10.2 Å². The average molecular weight is 469 g/mol. The van der Waals surface area contributed by atoms with Crippen molar-refractivity contribution in [2.45, 2.75) is 25.7 Å². The van der Waals surface area contributed by atoms with Gasteiger partial charge in [-0.25, -0.2) is 9.97 Å². The van der Waals surface area contributed by atoms with Crippen LogP contribution < -0.4 is 10.2 Å². The van der Waals surface area contributed by atoms with Gasteiger partial charge in [0.05, 0.1) is 17.1 Å². The van der Waals surface area contributed by atoms with Gasteiger partial charge in [-0.1, -0.05) is 68.0 Å². The van der Waals surface area contributed by atoms with Crippen molar-refractivity contribution in [3.8, 4) is 6.07 Å². The molecule has 1 fully saturated rings. The number of hydrogen-bond acceptors (Lipinski definition) is 6. The highest BCUT2D eigenvalue weighted by Gasteiger charge is 2.29. The molecule has 1 atom stereocenters. The number of carbonyl (C=O) groups is 1. The van der Waals surface area contributed by atoms with Crippen LogP contribution >= 0.6 is 0 Å². The molecule has 0 aliphatic carbocycles. The van der Waals surface area contributed by atoms with Crippen LogP contribution in [0.3, 0.4) is 0 Å². The van der Waals surface area contributed by atoms with Gasteiger partial charge in [0.15, 0.2) is 11.7 Å². The third kappa shape index (κ3) is 6.23. The van der Waals surface area contributed by atoms with Gasteiger partial charge in [0.25, 0.3) is 0 Å². The van der Waals surface area contributed by atoms with Crippen molar-refractivity contribution in [1.29, 1.82) is 5.26 Å². The SMILES string of the molecule is CCCCNC(=O)[C@H](C#N)c1nc2ccccc2nc1N1CCN(C/C=C/c2ccccc2)CC1. The normalized spacial score (nSPS) is 15.3. The summed E-state index contributed by atoms with van der Waals surface area (Å²) in [6.45, 7) is 6.75. The number of para-hydroxylation sites is 2. The lowest BCUT2D eigenvalue weighted by Gasteiger charge is -2.35. The summed E-state index contributed by atoms with van der Waals surface area (Å²) in [5.74, 6) is -0.664. The number of nitriles is 1. The number of nitrogens with one attached hydrogen (secondary N) is 1. The van der Waals surface area contributed by atoms with E-state index in [-0.39, 0.29) is 5.91 Å². The van der Waals surface area contributed by atoms with Crippen LogP contribution in [0, 0.1) is 11.3 Å². The fraction of sp³-hybridized carbons (Fsp3) is 0.357. The summed E-state index contributed by atoms with van der Waals surface area (Å²) >= 11 is 0. The maximum absolute atomic E-state index is 12.9. The highest BCUT2D eigenvalue weighted by atomic mass is 16.1. The van der Waals surface area contributed by atoms with Crippen molar-refractivity contribution < 1.29 is 4.79 Å². The molecule has 3 aromatic rings. The molecule has 35 heavy (non-hydrogen) atoms. The first-order chi connectivity index (χ1) is 17.2. The Balaban J connectivity index is 1.50. The lowest BCUT2D eigenvalue weighted by molar-refractivity contribution is -0.121. The second kappa shape index (κ2) is 12.1. The molecule has 1 aliphatic rings. The number of piperazine rings is 1. The van der Waals surface area contributed by atoms with Gasteiger partial charge in [0.2, 0.25) is 5.91 Å². The number of hydrogen-bond donors (Lipinski definition) is 1. The number of anilines is 1. The number of benzene rings is 2. The summed E-state index contributed by atoms with van der Waals surface area (Å²) in [4.78, 5) is 27.1. The Morgan fingerprint density at radius 2 is 1.74 bits per heavy atom. The first kappa shape index (κ1) is 24.4. The standard InChI is InChI=1S/C28H32N6O/c1-2-3-15-30-28(35)23(21-29)26-27(32-25-14-8-7-13-24(25)31-26)34-19-17-33(18-20-34)16-9-12-22-10-5-4-6-11-22/h4-14,23H,2-3,15-20H2,1H3,(H,30,35)/b12-9+/t23-/m1/s1. The number of unbranched alkanes of at least 4 members (excludes halogenated alkanes) is 1. The van der Waals surface area contributed by atoms with Gasteiger partial charge in [-0.15, -0.1) is 0 Å². The second-order valence-electron chi connectivity index (χ2n) is 8.73. The molecular formula is C28H32N6O. The van der Waals surface area contributed by atoms with Crippen LogP contribution in [0.25, 0.3) is 17.1 Å². The molecule has 2 aromatic carbocycles. The number of carbonyl (C=O) groups excluding carboxylic acids is 1. The minimum absolute atomic E-state index is 0.309. The van der Waals surface area contributed by atoms with Crippen molar-refractivity contribution in [2.24, 2.45) is 0 Å². The van der Waals surface area contributed by atoms with Crippen LogP contribution in [0.1, 0.15) is 36.9 Å². The molecule has 0 unspecified atom stereocenters. The van der Waals surface area contributed by atoms with E-state index in [2.05, 4.69) is 52.4 Å². The Morgan fingerprint density at radius 1 is 1.06 bits per heavy atom. The van der Waals surface area contributed by atoms with E-state index in [9.17, 15) is 10.1 Å². The largest absolute Gasteiger partial charge is 0.355 e. The van der Waals surface area contributed by atoms with Gasteiger partial charge in [0, 0.05) is 39.3 Å². The molecule has 1 aromatic heterocycles. The Morgan fingerprint density at radius 3 is 2.43 bits per heavy atom. The predicted octanol–water partition coefficient (Wildman–Crippen LogP) is 3.99. The quantitative estimate of drug-likeness (QED) is 0.478. The van der Waals surface area contributed by atoms with Crippen LogP contribution in [0.15, 0.2) is 60.7 Å². The van der Waals surface area contributed by atoms with Crippen molar-refractivity contribution in [2.75, 3.05) is 44.2 Å². The second-order valence-corrected chi connectivity index (χ2v) is 8.73. The summed E-state index contributed by atoms with van der Waals surface area (Å²) in [6, 6.07) is 20.1. The predicted molar refractivity (Wildman–Crippen MR) is 140 cm³/mol. The van der Waals surface area contributed by atoms with E-state index in [0.29, 0.717) is 23.6 Å². The van der Waals surface area contributed by atoms with E-state index >= 15 is 0 Å². The fourth-order valence-corrected chi connectivity index (χ4v) is 4.21. The van der Waals surface area contributed by atoms with E-state index in [1.54, 1.807) is 0 Å². The molecule has 1 amide bonds. The summed E-state index contributed by atoms with van der Waals surface area (Å²) < 4.78 is 0. The molecule has 7 heteroatoms. The van der Waals surface area contributed by atoms with Gasteiger partial charge in [-0.2, -0.15) is 5.26 Å². The molecule has 1 saturated heterocycles. The van der Waals surface area contributed by atoms with Gasteiger partial charge in [-0.05, 0) is 24.1 Å². The lowest BCUT2D eigenvalue weighted by Crippen LogP contribution is -2.47. The smallest absolute Gasteiger partial charge is 0.243 e. The van der Waals surface area contributed by atoms with E-state index in [1.165, 1.54) is 5.56 Å². The molecule has 1 aliphatic heterocycles. The minimum Gasteiger partial charge on any atom is -0.355 e. The highest BCUT2D eigenvalue weighted by molar-refractivity contribution is 5.88. The lowest BCUT2D eigenvalue weighted by atomic mass is 10.0. The molecule has 0 bridgehead atoms. The minimum atomic E-state index is -0.995. The van der Waals surface area contributed by atoms with Crippen LogP contribution in [0.5, 0.6) is 0 Å². The maximum Gasteiger partial charge on any atom is 0.243 e. The molecule has 4 rings (SSSR count). The van der Waals surface area contributed by atoms with Gasteiger partial charge >= 0.3 is 0 Å². The summed E-state index contributed by atoms with van der Waals surface area (Å²) in [6.07, 6.45) is 6.19. The number of rotatable bonds is 9. The molecule has 180 valence electrons. The number of amides is 1. The summed E-state index contributed by atoms with van der Waals surface area (Å²) in [5.41, 5.74) is 3.10. The third-order valence-corrected chi connectivity index (χ3v) is 6.22. The van der Waals surface area contributed by atoms with Crippen LogP contribution in [-0.2, 0) is 4.79 Å². The van der Waals surface area contributed by atoms with Gasteiger partial charge in [0.1, 0.15) is 5.69 Å². The van der Waals surface area contributed by atoms with Crippen molar-refractivity contribution in [3.63, 3.8) is 0 Å². The Bertz CT molecular complexity index is 1200. The van der Waals surface area contributed by atoms with E-state index in [0.717, 1.165) is 51.1 Å². The first-order valence-corrected chi connectivity index (χ1v) is 12.3. The number of nitrogens with zero attached hydrogens (tertiary/aromatic N) is 5. The zero-order valence-corrected chi connectivity index (χ0v) is 20.2. The number of aromatic nitrogens is 2. The van der Waals surface area contributed by atoms with E-state index < -0.39 is 5.92 Å². The topological polar surface area (TPSA) is 85.1 Å². The molecular weight excluding hydrogens is 436 g/mol. The zero-order valence-electron chi connectivity index (χ0n) is 20.2. The Kier molecular flexibility index (Phi) is 8.42. The number of fused-ring (bicyclic) bond motifs is 1. The average Bonchev–Trinajstić information content (AvgIpc) is 2.90. The molecule has 0 radical (unpaired) electrons. The molecule has 1 N–H and O–H groups in total. The zero-order chi connectivity index (χ0) is 24.5. The summed E-state index contributed by atoms with van der Waals surface area (Å²) in [5, 5.41) is 12.8. The highest BCUT2D eigenvalue weighted by Crippen LogP contribution is 2.28. The van der Waals surface area contributed by atoms with Gasteiger partial charge in [-0.3, -0.25) is 9.69 Å². The van der Waals surface area contributed by atoms with Crippen molar-refractivity contribution >= 4 is 28.8 Å². The summed E-state index contributed by atoms with van der Waals surface area (Å²) in [7, 11) is 0.